The molecule has 108 valence electrons. The molecule has 0 unspecified atom stereocenters. The van der Waals surface area contributed by atoms with E-state index in [1.807, 2.05) is 12.1 Å². The van der Waals surface area contributed by atoms with Gasteiger partial charge in [-0.2, -0.15) is 0 Å². The van der Waals surface area contributed by atoms with Crippen LogP contribution in [0.25, 0.3) is 0 Å². The molecule has 20 heavy (non-hydrogen) atoms. The average Bonchev–Trinajstić information content (AvgIpc) is 3.06. The smallest absolute Gasteiger partial charge is 0.223 e. The Labute approximate surface area is 128 Å². The highest BCUT2D eigenvalue weighted by Crippen LogP contribution is 2.50. The van der Waals surface area contributed by atoms with Crippen LogP contribution in [0.3, 0.4) is 0 Å². The van der Waals surface area contributed by atoms with E-state index in [0.29, 0.717) is 22.5 Å². The summed E-state index contributed by atoms with van der Waals surface area (Å²) in [6.45, 7) is 2.28. The number of hydrogen-bond acceptors (Lipinski definition) is 2. The van der Waals surface area contributed by atoms with Gasteiger partial charge in [0.15, 0.2) is 0 Å². The third kappa shape index (κ3) is 2.95. The molecule has 0 bridgehead atoms. The fourth-order valence-electron chi connectivity index (χ4n) is 2.76. The molecule has 2 aliphatic rings. The minimum absolute atomic E-state index is 0.0355. The van der Waals surface area contributed by atoms with E-state index in [2.05, 4.69) is 5.32 Å². The lowest BCUT2D eigenvalue weighted by molar-refractivity contribution is -0.122. The van der Waals surface area contributed by atoms with Gasteiger partial charge in [0.1, 0.15) is 0 Å². The Morgan fingerprint density at radius 1 is 1.40 bits per heavy atom. The van der Waals surface area contributed by atoms with Crippen LogP contribution in [0, 0.1) is 11.8 Å². The van der Waals surface area contributed by atoms with Gasteiger partial charge in [-0.05, 0) is 30.4 Å². The monoisotopic (exact) mass is 313 g/mol. The molecule has 0 aromatic heterocycles. The quantitative estimate of drug-likeness (QED) is 0.926. The lowest BCUT2D eigenvalue weighted by atomic mass is 10.1. The zero-order valence-corrected chi connectivity index (χ0v) is 12.6. The zero-order chi connectivity index (χ0) is 14.1. The first kappa shape index (κ1) is 14.2. The Morgan fingerprint density at radius 2 is 2.25 bits per heavy atom. The number of nitrogens with one attached hydrogen (secondary N) is 1. The van der Waals surface area contributed by atoms with Gasteiger partial charge >= 0.3 is 0 Å². The summed E-state index contributed by atoms with van der Waals surface area (Å²) in [5.74, 6) is 0.832. The number of carbonyl (C=O) groups excluding carboxylic acids is 1. The minimum atomic E-state index is 0.0355. The van der Waals surface area contributed by atoms with E-state index in [4.69, 9.17) is 27.9 Å². The topological polar surface area (TPSA) is 38.3 Å². The van der Waals surface area contributed by atoms with Crippen molar-refractivity contribution in [3.63, 3.8) is 0 Å². The molecule has 1 saturated heterocycles. The molecular weight excluding hydrogens is 297 g/mol. The van der Waals surface area contributed by atoms with Crippen molar-refractivity contribution in [1.29, 1.82) is 0 Å². The van der Waals surface area contributed by atoms with Crippen molar-refractivity contribution in [2.24, 2.45) is 11.8 Å². The lowest BCUT2D eigenvalue weighted by Gasteiger charge is -2.10. The highest BCUT2D eigenvalue weighted by Gasteiger charge is 2.45. The Morgan fingerprint density at radius 3 is 3.00 bits per heavy atom. The fraction of sp³-hybridized carbons (Fsp3) is 0.533. The van der Waals surface area contributed by atoms with Gasteiger partial charge in [-0.1, -0.05) is 35.3 Å². The molecule has 1 N–H and O–H groups in total. The maximum absolute atomic E-state index is 12.1. The molecule has 1 aromatic rings. The molecule has 1 aliphatic heterocycles. The second-order valence-electron chi connectivity index (χ2n) is 5.57. The number of hydrogen-bond donors (Lipinski definition) is 1. The summed E-state index contributed by atoms with van der Waals surface area (Å²) >= 11 is 12.2. The summed E-state index contributed by atoms with van der Waals surface area (Å²) < 4.78 is 5.30. The molecule has 3 atom stereocenters. The molecule has 0 spiro atoms. The van der Waals surface area contributed by atoms with Gasteiger partial charge in [0.05, 0.1) is 16.7 Å². The first-order valence-electron chi connectivity index (χ1n) is 6.96. The number of rotatable bonds is 4. The van der Waals surface area contributed by atoms with Crippen LogP contribution < -0.4 is 5.32 Å². The molecule has 5 heteroatoms. The van der Waals surface area contributed by atoms with E-state index < -0.39 is 0 Å². The van der Waals surface area contributed by atoms with E-state index in [0.717, 1.165) is 31.6 Å². The number of carbonyl (C=O) groups is 1. The van der Waals surface area contributed by atoms with Crippen LogP contribution in [-0.4, -0.2) is 25.7 Å². The van der Waals surface area contributed by atoms with E-state index in [-0.39, 0.29) is 17.7 Å². The standard InChI is InChI=1S/C15H17Cl2NO2/c16-13-3-1-2-10(14(13)17)11-6-12(11)15(19)18-7-9-4-5-20-8-9/h1-3,9,11-12H,4-8H2,(H,18,19)/t9-,11+,12+/m0/s1. The van der Waals surface area contributed by atoms with E-state index in [1.165, 1.54) is 0 Å². The molecular formula is C15H17Cl2NO2. The van der Waals surface area contributed by atoms with Crippen molar-refractivity contribution in [1.82, 2.24) is 5.32 Å². The molecule has 1 heterocycles. The maximum atomic E-state index is 12.1. The SMILES string of the molecule is O=C(NC[C@@H]1CCOC1)[C@@H]1C[C@@H]1c1cccc(Cl)c1Cl. The Kier molecular flexibility index (Phi) is 4.20. The second-order valence-corrected chi connectivity index (χ2v) is 6.35. The molecule has 1 aromatic carbocycles. The molecule has 0 radical (unpaired) electrons. The highest BCUT2D eigenvalue weighted by atomic mass is 35.5. The second kappa shape index (κ2) is 5.92. The van der Waals surface area contributed by atoms with Crippen LogP contribution in [0.2, 0.25) is 10.0 Å². The Hall–Kier alpha value is -0.770. The van der Waals surface area contributed by atoms with Crippen LogP contribution in [-0.2, 0) is 9.53 Å². The molecule has 1 aliphatic carbocycles. The van der Waals surface area contributed by atoms with Crippen LogP contribution in [0.1, 0.15) is 24.3 Å². The van der Waals surface area contributed by atoms with Gasteiger partial charge < -0.3 is 10.1 Å². The minimum Gasteiger partial charge on any atom is -0.381 e. The molecule has 1 amide bonds. The summed E-state index contributed by atoms with van der Waals surface area (Å²) in [6.07, 6.45) is 1.89. The number of ether oxygens (including phenoxy) is 1. The van der Waals surface area contributed by atoms with Gasteiger partial charge in [0.25, 0.3) is 0 Å². The average molecular weight is 314 g/mol. The first-order valence-corrected chi connectivity index (χ1v) is 7.71. The predicted molar refractivity (Wildman–Crippen MR) is 79.2 cm³/mol. The van der Waals surface area contributed by atoms with Crippen molar-refractivity contribution in [3.8, 4) is 0 Å². The Balaban J connectivity index is 1.55. The molecule has 2 fully saturated rings. The van der Waals surface area contributed by atoms with Gasteiger partial charge in [0.2, 0.25) is 5.91 Å². The van der Waals surface area contributed by atoms with Gasteiger partial charge in [-0.15, -0.1) is 0 Å². The normalized spacial score (nSPS) is 28.4. The van der Waals surface area contributed by atoms with Gasteiger partial charge in [-0.25, -0.2) is 0 Å². The summed E-state index contributed by atoms with van der Waals surface area (Å²) in [5, 5.41) is 4.16. The van der Waals surface area contributed by atoms with Crippen molar-refractivity contribution < 1.29 is 9.53 Å². The zero-order valence-electron chi connectivity index (χ0n) is 11.1. The van der Waals surface area contributed by atoms with Crippen molar-refractivity contribution >= 4 is 29.1 Å². The largest absolute Gasteiger partial charge is 0.381 e. The van der Waals surface area contributed by atoms with Crippen molar-refractivity contribution in [2.45, 2.75) is 18.8 Å². The lowest BCUT2D eigenvalue weighted by Crippen LogP contribution is -2.31. The van der Waals surface area contributed by atoms with Gasteiger partial charge in [-0.3, -0.25) is 4.79 Å². The Bertz CT molecular complexity index is 515. The fourth-order valence-corrected chi connectivity index (χ4v) is 3.20. The van der Waals surface area contributed by atoms with E-state index >= 15 is 0 Å². The molecule has 1 saturated carbocycles. The summed E-state index contributed by atoms with van der Waals surface area (Å²) in [6, 6.07) is 5.61. The summed E-state index contributed by atoms with van der Waals surface area (Å²) in [5.41, 5.74) is 0.989. The highest BCUT2D eigenvalue weighted by molar-refractivity contribution is 6.42. The van der Waals surface area contributed by atoms with Gasteiger partial charge in [0, 0.05) is 25.0 Å². The number of benzene rings is 1. The van der Waals surface area contributed by atoms with Crippen molar-refractivity contribution in [2.75, 3.05) is 19.8 Å². The summed E-state index contributed by atoms with van der Waals surface area (Å²) in [4.78, 5) is 12.1. The number of amides is 1. The summed E-state index contributed by atoms with van der Waals surface area (Å²) in [7, 11) is 0. The molecule has 3 nitrogen and oxygen atoms in total. The van der Waals surface area contributed by atoms with Crippen LogP contribution in [0.4, 0.5) is 0 Å². The van der Waals surface area contributed by atoms with E-state index in [9.17, 15) is 4.79 Å². The third-order valence-electron chi connectivity index (χ3n) is 4.10. The van der Waals surface area contributed by atoms with E-state index in [1.54, 1.807) is 6.07 Å². The van der Waals surface area contributed by atoms with Crippen molar-refractivity contribution in [3.05, 3.63) is 33.8 Å². The van der Waals surface area contributed by atoms with Crippen LogP contribution >= 0.6 is 23.2 Å². The van der Waals surface area contributed by atoms with Crippen LogP contribution in [0.5, 0.6) is 0 Å². The third-order valence-corrected chi connectivity index (χ3v) is 4.93. The predicted octanol–water partition coefficient (Wildman–Crippen LogP) is 3.25. The number of halogens is 2. The first-order chi connectivity index (χ1) is 9.66. The maximum Gasteiger partial charge on any atom is 0.223 e. The van der Waals surface area contributed by atoms with Crippen LogP contribution in [0.15, 0.2) is 18.2 Å². The molecule has 3 rings (SSSR count).